The van der Waals surface area contributed by atoms with Crippen LogP contribution in [-0.2, 0) is 6.54 Å². The van der Waals surface area contributed by atoms with E-state index in [0.29, 0.717) is 19.7 Å². The van der Waals surface area contributed by atoms with Crippen LogP contribution in [0.15, 0.2) is 90.0 Å². The fourth-order valence-electron chi connectivity index (χ4n) is 3.94. The maximum atomic E-state index is 12.3. The molecule has 0 aliphatic heterocycles. The highest BCUT2D eigenvalue weighted by molar-refractivity contribution is 6.32. The largest absolute Gasteiger partial charge is 0.506 e. The van der Waals surface area contributed by atoms with E-state index in [1.54, 1.807) is 6.21 Å². The number of halogens is 1. The molecule has 0 saturated heterocycles. The second-order valence-electron chi connectivity index (χ2n) is 8.40. The summed E-state index contributed by atoms with van der Waals surface area (Å²) < 4.78 is 6.14. The van der Waals surface area contributed by atoms with Crippen LogP contribution in [0.2, 0.25) is 5.02 Å². The highest BCUT2D eigenvalue weighted by atomic mass is 35.5. The van der Waals surface area contributed by atoms with Crippen LogP contribution in [0.5, 0.6) is 11.5 Å². The summed E-state index contributed by atoms with van der Waals surface area (Å²) in [6.45, 7) is 2.52. The first kappa shape index (κ1) is 26.2. The molecule has 1 amide bonds. The molecule has 0 saturated carbocycles. The van der Waals surface area contributed by atoms with Crippen LogP contribution in [0, 0.1) is 0 Å². The predicted molar refractivity (Wildman–Crippen MR) is 146 cm³/mol. The normalized spacial score (nSPS) is 11.3. The van der Waals surface area contributed by atoms with Crippen molar-refractivity contribution in [2.75, 3.05) is 26.3 Å². The topological polar surface area (TPSA) is 94.4 Å². The minimum absolute atomic E-state index is 0.0835. The molecule has 0 aliphatic rings. The van der Waals surface area contributed by atoms with E-state index < -0.39 is 5.91 Å². The first-order valence-corrected chi connectivity index (χ1v) is 12.3. The van der Waals surface area contributed by atoms with Gasteiger partial charge < -0.3 is 14.9 Å². The lowest BCUT2D eigenvalue weighted by atomic mass is 10.0. The number of phenolic OH excluding ortho intramolecular Hbond substituents is 1. The lowest BCUT2D eigenvalue weighted by molar-refractivity contribution is 0.0955. The van der Waals surface area contributed by atoms with Gasteiger partial charge in [-0.25, -0.2) is 5.43 Å². The molecule has 0 heterocycles. The average Bonchev–Trinajstić information content (AvgIpc) is 2.91. The van der Waals surface area contributed by atoms with Gasteiger partial charge in [-0.15, -0.1) is 0 Å². The highest BCUT2D eigenvalue weighted by Gasteiger charge is 2.10. The lowest BCUT2D eigenvalue weighted by Gasteiger charge is -2.22. The molecule has 0 bridgehead atoms. The van der Waals surface area contributed by atoms with Crippen molar-refractivity contribution in [1.29, 1.82) is 0 Å². The number of aliphatic hydroxyl groups is 1. The van der Waals surface area contributed by atoms with E-state index in [1.165, 1.54) is 23.8 Å². The number of hydrogen-bond donors (Lipinski definition) is 3. The number of rotatable bonds is 11. The third kappa shape index (κ3) is 7.07. The number of hydrazone groups is 1. The number of nitrogens with one attached hydrogen (secondary N) is 1. The SMILES string of the molecule is O=C(NN=Cc1ccc(OCCN(CCO)Cc2ccccc2)c2ccccc12)c1ccc(O)c(Cl)c1. The van der Waals surface area contributed by atoms with Crippen LogP contribution >= 0.6 is 11.6 Å². The highest BCUT2D eigenvalue weighted by Crippen LogP contribution is 2.28. The molecule has 0 aromatic heterocycles. The van der Waals surface area contributed by atoms with E-state index in [9.17, 15) is 15.0 Å². The summed E-state index contributed by atoms with van der Waals surface area (Å²) in [6, 6.07) is 26.0. The quantitative estimate of drug-likeness (QED) is 0.195. The summed E-state index contributed by atoms with van der Waals surface area (Å²) in [5.41, 5.74) is 4.78. The second kappa shape index (κ2) is 12.9. The number of benzene rings is 4. The molecule has 3 N–H and O–H groups in total. The van der Waals surface area contributed by atoms with Crippen molar-refractivity contribution < 1.29 is 19.7 Å². The Balaban J connectivity index is 1.41. The minimum Gasteiger partial charge on any atom is -0.506 e. The van der Waals surface area contributed by atoms with Crippen LogP contribution in [0.3, 0.4) is 0 Å². The molecule has 0 atom stereocenters. The van der Waals surface area contributed by atoms with E-state index in [0.717, 1.165) is 28.6 Å². The van der Waals surface area contributed by atoms with Gasteiger partial charge in [-0.2, -0.15) is 5.10 Å². The number of phenols is 1. The van der Waals surface area contributed by atoms with Crippen molar-refractivity contribution in [2.45, 2.75) is 6.54 Å². The summed E-state index contributed by atoms with van der Waals surface area (Å²) >= 11 is 5.88. The zero-order valence-electron chi connectivity index (χ0n) is 20.2. The van der Waals surface area contributed by atoms with Crippen molar-refractivity contribution in [3.8, 4) is 11.5 Å². The number of aliphatic hydroxyl groups excluding tert-OH is 1. The Kier molecular flexibility index (Phi) is 9.10. The van der Waals surface area contributed by atoms with Gasteiger partial charge in [0.25, 0.3) is 5.91 Å². The first-order valence-electron chi connectivity index (χ1n) is 11.9. The molecule has 190 valence electrons. The summed E-state index contributed by atoms with van der Waals surface area (Å²) in [5.74, 6) is 0.220. The number of aromatic hydroxyl groups is 1. The number of carbonyl (C=O) groups is 1. The van der Waals surface area contributed by atoms with Gasteiger partial charge in [0.2, 0.25) is 0 Å². The Morgan fingerprint density at radius 2 is 1.73 bits per heavy atom. The van der Waals surface area contributed by atoms with Gasteiger partial charge >= 0.3 is 0 Å². The van der Waals surface area contributed by atoms with E-state index in [1.807, 2.05) is 54.6 Å². The third-order valence-electron chi connectivity index (χ3n) is 5.83. The van der Waals surface area contributed by atoms with Crippen LogP contribution in [0.25, 0.3) is 10.8 Å². The van der Waals surface area contributed by atoms with Crippen molar-refractivity contribution in [2.24, 2.45) is 5.10 Å². The average molecular weight is 518 g/mol. The number of ether oxygens (including phenoxy) is 1. The molecule has 8 heteroatoms. The monoisotopic (exact) mass is 517 g/mol. The maximum absolute atomic E-state index is 12.3. The van der Waals surface area contributed by atoms with Gasteiger partial charge in [0.1, 0.15) is 18.1 Å². The second-order valence-corrected chi connectivity index (χ2v) is 8.80. The number of carbonyl (C=O) groups excluding carboxylic acids is 1. The molecule has 0 radical (unpaired) electrons. The maximum Gasteiger partial charge on any atom is 0.271 e. The fourth-order valence-corrected chi connectivity index (χ4v) is 4.12. The van der Waals surface area contributed by atoms with E-state index in [-0.39, 0.29) is 22.9 Å². The van der Waals surface area contributed by atoms with Crippen LogP contribution in [0.1, 0.15) is 21.5 Å². The molecule has 7 nitrogen and oxygen atoms in total. The van der Waals surface area contributed by atoms with Crippen LogP contribution in [0.4, 0.5) is 0 Å². The van der Waals surface area contributed by atoms with Gasteiger partial charge in [0, 0.05) is 36.1 Å². The van der Waals surface area contributed by atoms with Crippen molar-refractivity contribution >= 4 is 34.5 Å². The zero-order chi connectivity index (χ0) is 26.0. The lowest BCUT2D eigenvalue weighted by Crippen LogP contribution is -2.30. The number of nitrogens with zero attached hydrogens (tertiary/aromatic N) is 2. The molecule has 4 rings (SSSR count). The van der Waals surface area contributed by atoms with Gasteiger partial charge in [-0.3, -0.25) is 9.69 Å². The molecule has 37 heavy (non-hydrogen) atoms. The van der Waals surface area contributed by atoms with Gasteiger partial charge in [0.15, 0.2) is 0 Å². The standard InChI is InChI=1S/C29H28ClN3O4/c30-26-18-22(10-12-27(26)35)29(36)32-31-19-23-11-13-28(25-9-5-4-8-24(23)25)37-17-15-33(14-16-34)20-21-6-2-1-3-7-21/h1-13,18-19,34-35H,14-17,20H2,(H,32,36). The Morgan fingerprint density at radius 3 is 2.49 bits per heavy atom. The summed E-state index contributed by atoms with van der Waals surface area (Å²) in [4.78, 5) is 14.5. The Bertz CT molecular complexity index is 1380. The Labute approximate surface area is 220 Å². The minimum atomic E-state index is -0.439. The smallest absolute Gasteiger partial charge is 0.271 e. The Hall–Kier alpha value is -3.91. The predicted octanol–water partition coefficient (Wildman–Crippen LogP) is 4.84. The molecule has 0 unspecified atom stereocenters. The van der Waals surface area contributed by atoms with E-state index in [2.05, 4.69) is 27.6 Å². The zero-order valence-corrected chi connectivity index (χ0v) is 20.9. The molecular weight excluding hydrogens is 490 g/mol. The summed E-state index contributed by atoms with van der Waals surface area (Å²) in [6.07, 6.45) is 1.58. The molecule has 0 aliphatic carbocycles. The molecule has 4 aromatic carbocycles. The summed E-state index contributed by atoms with van der Waals surface area (Å²) in [7, 11) is 0. The summed E-state index contributed by atoms with van der Waals surface area (Å²) in [5, 5.41) is 25.0. The number of hydrogen-bond acceptors (Lipinski definition) is 6. The van der Waals surface area contributed by atoms with Crippen molar-refractivity contribution in [3.05, 3.63) is 107 Å². The first-order chi connectivity index (χ1) is 18.0. The van der Waals surface area contributed by atoms with Gasteiger partial charge in [0.05, 0.1) is 17.8 Å². The van der Waals surface area contributed by atoms with Crippen molar-refractivity contribution in [1.82, 2.24) is 10.3 Å². The van der Waals surface area contributed by atoms with Gasteiger partial charge in [-0.1, -0.05) is 66.2 Å². The fraction of sp³-hybridized carbons (Fsp3) is 0.172. The molecule has 4 aromatic rings. The third-order valence-corrected chi connectivity index (χ3v) is 6.13. The molecule has 0 spiro atoms. The van der Waals surface area contributed by atoms with E-state index in [4.69, 9.17) is 16.3 Å². The van der Waals surface area contributed by atoms with Crippen LogP contribution < -0.4 is 10.2 Å². The number of amides is 1. The Morgan fingerprint density at radius 1 is 0.973 bits per heavy atom. The number of fused-ring (bicyclic) bond motifs is 1. The molecular formula is C29H28ClN3O4. The van der Waals surface area contributed by atoms with Gasteiger partial charge in [-0.05, 0) is 41.3 Å². The molecule has 0 fully saturated rings. The van der Waals surface area contributed by atoms with E-state index >= 15 is 0 Å². The van der Waals surface area contributed by atoms with Crippen LogP contribution in [-0.4, -0.2) is 53.5 Å². The van der Waals surface area contributed by atoms with Crippen molar-refractivity contribution in [3.63, 3.8) is 0 Å².